The van der Waals surface area contributed by atoms with Gasteiger partial charge in [0.05, 0.1) is 5.69 Å². The molecule has 8 heteroatoms. The number of carbonyl (C=O) groups is 1. The van der Waals surface area contributed by atoms with Crippen molar-refractivity contribution in [3.8, 4) is 10.6 Å². The fraction of sp³-hybridized carbons (Fsp3) is 0.444. The Bertz CT molecular complexity index is 660. The number of carbonyl (C=O) groups excluding carboxylic acids is 1. The molecule has 0 spiro atoms. The molecule has 144 valence electrons. The summed E-state index contributed by atoms with van der Waals surface area (Å²) < 4.78 is 0. The Morgan fingerprint density at radius 1 is 1.12 bits per heavy atom. The van der Waals surface area contributed by atoms with Crippen molar-refractivity contribution >= 4 is 42.1 Å². The van der Waals surface area contributed by atoms with Gasteiger partial charge in [-0.1, -0.05) is 30.3 Å². The van der Waals surface area contributed by atoms with Gasteiger partial charge in [-0.2, -0.15) is 0 Å². The van der Waals surface area contributed by atoms with Crippen LogP contribution in [-0.4, -0.2) is 53.4 Å². The number of aromatic nitrogens is 1. The van der Waals surface area contributed by atoms with Gasteiger partial charge in [-0.25, -0.2) is 4.98 Å². The number of rotatable bonds is 6. The van der Waals surface area contributed by atoms with Gasteiger partial charge in [-0.05, 0) is 13.0 Å². The molecule has 0 unspecified atom stereocenters. The minimum atomic E-state index is 0. The van der Waals surface area contributed by atoms with Gasteiger partial charge < -0.3 is 10.6 Å². The molecule has 2 N–H and O–H groups in total. The number of nitrogens with zero attached hydrogens (tertiary/aromatic N) is 3. The average molecular weight is 417 g/mol. The Morgan fingerprint density at radius 2 is 1.81 bits per heavy atom. The summed E-state index contributed by atoms with van der Waals surface area (Å²) in [6.45, 7) is 4.87. The highest BCUT2D eigenvalue weighted by Crippen LogP contribution is 2.24. The molecule has 1 aromatic heterocycles. The molecule has 1 aromatic carbocycles. The summed E-state index contributed by atoms with van der Waals surface area (Å²) in [7, 11) is 0. The Labute approximate surface area is 171 Å². The molecule has 2 heterocycles. The normalized spacial score (nSPS) is 14.4. The van der Waals surface area contributed by atoms with Crippen LogP contribution in [0.5, 0.6) is 0 Å². The van der Waals surface area contributed by atoms with Crippen molar-refractivity contribution < 1.29 is 4.79 Å². The molecule has 0 radical (unpaired) electrons. The Morgan fingerprint density at radius 3 is 2.46 bits per heavy atom. The lowest BCUT2D eigenvalue weighted by Crippen LogP contribution is -2.48. The van der Waals surface area contributed by atoms with E-state index in [4.69, 9.17) is 10.7 Å². The van der Waals surface area contributed by atoms with Crippen LogP contribution in [0, 0.1) is 0 Å². The van der Waals surface area contributed by atoms with Gasteiger partial charge >= 0.3 is 0 Å². The molecule has 26 heavy (non-hydrogen) atoms. The van der Waals surface area contributed by atoms with E-state index in [0.717, 1.165) is 49.8 Å². The molecule has 5 nitrogen and oxygen atoms in total. The standard InChI is InChI=1S/C18H24N4OS.2ClH/c19-8-4-7-17(23)22-11-9-21(10-12-22)13-16-14-24-18(20-16)15-5-2-1-3-6-15;;/h1-3,5-6,14H,4,7-13,19H2;2*1H. The summed E-state index contributed by atoms with van der Waals surface area (Å²) in [6, 6.07) is 10.3. The highest BCUT2D eigenvalue weighted by Gasteiger charge is 2.21. The molecular formula is C18H26Cl2N4OS. The van der Waals surface area contributed by atoms with E-state index in [-0.39, 0.29) is 30.7 Å². The molecule has 0 aliphatic carbocycles. The summed E-state index contributed by atoms with van der Waals surface area (Å²) in [5.41, 5.74) is 7.76. The van der Waals surface area contributed by atoms with Crippen LogP contribution >= 0.6 is 36.2 Å². The summed E-state index contributed by atoms with van der Waals surface area (Å²) in [5, 5.41) is 3.21. The number of amides is 1. The SMILES string of the molecule is Cl.Cl.NCCCC(=O)N1CCN(Cc2csc(-c3ccccc3)n2)CC1. The lowest BCUT2D eigenvalue weighted by atomic mass is 10.2. The van der Waals surface area contributed by atoms with Crippen molar-refractivity contribution in [2.24, 2.45) is 5.73 Å². The first-order chi connectivity index (χ1) is 11.8. The molecule has 1 amide bonds. The fourth-order valence-corrected chi connectivity index (χ4v) is 3.71. The highest BCUT2D eigenvalue weighted by molar-refractivity contribution is 7.13. The Kier molecular flexibility index (Phi) is 10.1. The maximum Gasteiger partial charge on any atom is 0.222 e. The van der Waals surface area contributed by atoms with Gasteiger partial charge in [-0.15, -0.1) is 36.2 Å². The zero-order chi connectivity index (χ0) is 16.8. The lowest BCUT2D eigenvalue weighted by Gasteiger charge is -2.34. The second kappa shape index (κ2) is 11.5. The largest absolute Gasteiger partial charge is 0.340 e. The van der Waals surface area contributed by atoms with E-state index in [1.807, 2.05) is 23.1 Å². The average Bonchev–Trinajstić information content (AvgIpc) is 3.09. The van der Waals surface area contributed by atoms with Crippen LogP contribution in [0.1, 0.15) is 18.5 Å². The van der Waals surface area contributed by atoms with Gasteiger partial charge in [0.15, 0.2) is 0 Å². The van der Waals surface area contributed by atoms with Crippen LogP contribution in [0.2, 0.25) is 0 Å². The number of nitrogens with two attached hydrogens (primary N) is 1. The van der Waals surface area contributed by atoms with Crippen LogP contribution < -0.4 is 5.73 Å². The fourth-order valence-electron chi connectivity index (χ4n) is 2.89. The van der Waals surface area contributed by atoms with E-state index in [9.17, 15) is 4.79 Å². The van der Waals surface area contributed by atoms with E-state index in [0.29, 0.717) is 13.0 Å². The highest BCUT2D eigenvalue weighted by atomic mass is 35.5. The van der Waals surface area contributed by atoms with Gasteiger partial charge in [-0.3, -0.25) is 9.69 Å². The third-order valence-corrected chi connectivity index (χ3v) is 5.22. The van der Waals surface area contributed by atoms with Crippen LogP contribution in [0.4, 0.5) is 0 Å². The van der Waals surface area contributed by atoms with E-state index in [2.05, 4.69) is 22.4 Å². The summed E-state index contributed by atoms with van der Waals surface area (Å²) >= 11 is 1.69. The summed E-state index contributed by atoms with van der Waals surface area (Å²) in [5.74, 6) is 0.236. The topological polar surface area (TPSA) is 62.5 Å². The molecular weight excluding hydrogens is 391 g/mol. The first-order valence-corrected chi connectivity index (χ1v) is 9.34. The van der Waals surface area contributed by atoms with Gasteiger partial charge in [0.2, 0.25) is 5.91 Å². The molecule has 1 aliphatic rings. The molecule has 0 atom stereocenters. The number of halogens is 2. The van der Waals surface area contributed by atoms with Crippen LogP contribution in [-0.2, 0) is 11.3 Å². The molecule has 0 saturated carbocycles. The molecule has 1 fully saturated rings. The number of piperazine rings is 1. The zero-order valence-corrected chi connectivity index (χ0v) is 17.1. The quantitative estimate of drug-likeness (QED) is 0.785. The zero-order valence-electron chi connectivity index (χ0n) is 14.7. The van der Waals surface area contributed by atoms with Crippen molar-refractivity contribution in [1.29, 1.82) is 0 Å². The second-order valence-electron chi connectivity index (χ2n) is 6.06. The van der Waals surface area contributed by atoms with E-state index >= 15 is 0 Å². The minimum Gasteiger partial charge on any atom is -0.340 e. The molecule has 3 rings (SSSR count). The summed E-state index contributed by atoms with van der Waals surface area (Å²) in [4.78, 5) is 21.1. The monoisotopic (exact) mass is 416 g/mol. The van der Waals surface area contributed by atoms with Gasteiger partial charge in [0, 0.05) is 50.1 Å². The predicted octanol–water partition coefficient (Wildman–Crippen LogP) is 3.04. The van der Waals surface area contributed by atoms with E-state index < -0.39 is 0 Å². The maximum absolute atomic E-state index is 12.0. The van der Waals surface area contributed by atoms with Gasteiger partial charge in [0.25, 0.3) is 0 Å². The number of hydrogen-bond donors (Lipinski definition) is 1. The van der Waals surface area contributed by atoms with Crippen molar-refractivity contribution in [2.75, 3.05) is 32.7 Å². The smallest absolute Gasteiger partial charge is 0.222 e. The lowest BCUT2D eigenvalue weighted by molar-refractivity contribution is -0.133. The van der Waals surface area contributed by atoms with Crippen molar-refractivity contribution in [1.82, 2.24) is 14.8 Å². The third-order valence-electron chi connectivity index (χ3n) is 4.28. The number of hydrogen-bond acceptors (Lipinski definition) is 5. The maximum atomic E-state index is 12.0. The molecule has 1 saturated heterocycles. The number of thiazole rings is 1. The molecule has 0 bridgehead atoms. The summed E-state index contributed by atoms with van der Waals surface area (Å²) in [6.07, 6.45) is 1.35. The van der Waals surface area contributed by atoms with Crippen LogP contribution in [0.3, 0.4) is 0 Å². The third kappa shape index (κ3) is 6.21. The van der Waals surface area contributed by atoms with E-state index in [1.165, 1.54) is 5.56 Å². The molecule has 2 aromatic rings. The second-order valence-corrected chi connectivity index (χ2v) is 6.92. The minimum absolute atomic E-state index is 0. The molecule has 1 aliphatic heterocycles. The first kappa shape index (κ1) is 22.9. The van der Waals surface area contributed by atoms with Crippen LogP contribution in [0.15, 0.2) is 35.7 Å². The van der Waals surface area contributed by atoms with Crippen LogP contribution in [0.25, 0.3) is 10.6 Å². The number of benzene rings is 1. The van der Waals surface area contributed by atoms with Crippen molar-refractivity contribution in [3.63, 3.8) is 0 Å². The van der Waals surface area contributed by atoms with E-state index in [1.54, 1.807) is 11.3 Å². The van der Waals surface area contributed by atoms with Crippen molar-refractivity contribution in [3.05, 3.63) is 41.4 Å². The predicted molar refractivity (Wildman–Crippen MR) is 112 cm³/mol. The Balaban J connectivity index is 0.00000169. The van der Waals surface area contributed by atoms with Crippen molar-refractivity contribution in [2.45, 2.75) is 19.4 Å². The van der Waals surface area contributed by atoms with Gasteiger partial charge in [0.1, 0.15) is 5.01 Å². The first-order valence-electron chi connectivity index (χ1n) is 8.46. The Hall–Kier alpha value is -1.18.